The van der Waals surface area contributed by atoms with Gasteiger partial charge in [-0.2, -0.15) is 0 Å². The molecule has 100 valence electrons. The Morgan fingerprint density at radius 3 is 3.00 bits per heavy atom. The van der Waals surface area contributed by atoms with E-state index in [9.17, 15) is 4.79 Å². The van der Waals surface area contributed by atoms with Crippen molar-refractivity contribution in [3.05, 3.63) is 44.8 Å². The van der Waals surface area contributed by atoms with Gasteiger partial charge in [0.25, 0.3) is 0 Å². The molecule has 1 aromatic heterocycles. The van der Waals surface area contributed by atoms with E-state index in [2.05, 4.69) is 26.2 Å². The van der Waals surface area contributed by atoms with Crippen molar-refractivity contribution < 1.29 is 9.53 Å². The van der Waals surface area contributed by atoms with Gasteiger partial charge in [-0.05, 0) is 41.1 Å². The molecule has 0 atom stereocenters. The topological polar surface area (TPSA) is 51.2 Å². The second-order valence-corrected chi connectivity index (χ2v) is 5.32. The summed E-state index contributed by atoms with van der Waals surface area (Å²) in [7, 11) is 0. The van der Waals surface area contributed by atoms with Crippen LogP contribution in [0.5, 0.6) is 0 Å². The minimum absolute atomic E-state index is 0.311. The molecule has 0 bridgehead atoms. The molecule has 0 aliphatic carbocycles. The highest BCUT2D eigenvalue weighted by atomic mass is 79.9. The van der Waals surface area contributed by atoms with E-state index in [0.717, 1.165) is 15.9 Å². The zero-order valence-electron chi connectivity index (χ0n) is 10.4. The van der Waals surface area contributed by atoms with Crippen LogP contribution in [0.1, 0.15) is 23.0 Å². The monoisotopic (exact) mass is 340 g/mol. The number of carbonyl (C=O) groups is 1. The summed E-state index contributed by atoms with van der Waals surface area (Å²) in [4.78, 5) is 15.8. The maximum atomic E-state index is 11.6. The molecule has 1 aromatic carbocycles. The summed E-state index contributed by atoms with van der Waals surface area (Å²) in [6.07, 6.45) is 0. The Labute approximate surface area is 124 Å². The highest BCUT2D eigenvalue weighted by molar-refractivity contribution is 9.10. The predicted octanol–water partition coefficient (Wildman–Crippen LogP) is 3.69. The Bertz CT molecular complexity index is 558. The number of rotatable bonds is 5. The van der Waals surface area contributed by atoms with Crippen molar-refractivity contribution in [3.8, 4) is 0 Å². The molecule has 1 heterocycles. The third kappa shape index (κ3) is 3.78. The van der Waals surface area contributed by atoms with Crippen LogP contribution in [0.25, 0.3) is 0 Å². The summed E-state index contributed by atoms with van der Waals surface area (Å²) >= 11 is 5.01. The summed E-state index contributed by atoms with van der Waals surface area (Å²) in [5, 5.41) is 5.25. The van der Waals surface area contributed by atoms with Gasteiger partial charge < -0.3 is 10.1 Å². The fraction of sp³-hybridized carbons (Fsp3) is 0.231. The third-order valence-electron chi connectivity index (χ3n) is 2.42. The van der Waals surface area contributed by atoms with Crippen molar-refractivity contribution in [2.45, 2.75) is 13.5 Å². The zero-order valence-corrected chi connectivity index (χ0v) is 12.8. The molecule has 0 aliphatic rings. The number of ether oxygens (including phenoxy) is 1. The molecule has 1 N–H and O–H groups in total. The van der Waals surface area contributed by atoms with Gasteiger partial charge in [0.15, 0.2) is 0 Å². The molecular formula is C13H13BrN2O2S. The number of benzene rings is 1. The Morgan fingerprint density at radius 2 is 2.37 bits per heavy atom. The van der Waals surface area contributed by atoms with E-state index in [0.29, 0.717) is 18.7 Å². The number of esters is 1. The molecule has 0 saturated carbocycles. The summed E-state index contributed by atoms with van der Waals surface area (Å²) in [5.41, 5.74) is 4.25. The highest BCUT2D eigenvalue weighted by Crippen LogP contribution is 2.24. The van der Waals surface area contributed by atoms with Gasteiger partial charge in [0.2, 0.25) is 0 Å². The van der Waals surface area contributed by atoms with Crippen LogP contribution in [0.15, 0.2) is 33.6 Å². The number of halogens is 1. The van der Waals surface area contributed by atoms with Gasteiger partial charge in [0.05, 0.1) is 29.9 Å². The number of nitrogens with one attached hydrogen (secondary N) is 1. The van der Waals surface area contributed by atoms with E-state index in [1.165, 1.54) is 0 Å². The molecule has 0 unspecified atom stereocenters. The van der Waals surface area contributed by atoms with Crippen molar-refractivity contribution in [3.63, 3.8) is 0 Å². The third-order valence-corrected chi connectivity index (χ3v) is 3.72. The lowest BCUT2D eigenvalue weighted by Crippen LogP contribution is -2.06. The van der Waals surface area contributed by atoms with Gasteiger partial charge in [0, 0.05) is 15.5 Å². The van der Waals surface area contributed by atoms with E-state index in [1.807, 2.05) is 11.4 Å². The molecule has 0 radical (unpaired) electrons. The molecule has 6 heteroatoms. The highest BCUT2D eigenvalue weighted by Gasteiger charge is 2.09. The molecule has 0 saturated heterocycles. The van der Waals surface area contributed by atoms with Gasteiger partial charge in [-0.3, -0.25) is 0 Å². The minimum atomic E-state index is -0.311. The van der Waals surface area contributed by atoms with Crippen molar-refractivity contribution in [2.24, 2.45) is 0 Å². The number of anilines is 1. The Hall–Kier alpha value is -1.40. The molecule has 0 spiro atoms. The van der Waals surface area contributed by atoms with Crippen LogP contribution in [-0.2, 0) is 11.3 Å². The fourth-order valence-corrected chi connectivity index (χ4v) is 2.59. The smallest absolute Gasteiger partial charge is 0.338 e. The lowest BCUT2D eigenvalue weighted by molar-refractivity contribution is 0.0526. The molecule has 2 rings (SSSR count). The molecule has 0 amide bonds. The van der Waals surface area contributed by atoms with E-state index < -0.39 is 0 Å². The molecule has 0 fully saturated rings. The number of thiazole rings is 1. The van der Waals surface area contributed by atoms with Gasteiger partial charge in [-0.15, -0.1) is 11.3 Å². The van der Waals surface area contributed by atoms with Gasteiger partial charge >= 0.3 is 5.97 Å². The number of carbonyl (C=O) groups excluding carboxylic acids is 1. The van der Waals surface area contributed by atoms with E-state index in [-0.39, 0.29) is 5.97 Å². The first-order valence-corrected chi connectivity index (χ1v) is 7.52. The van der Waals surface area contributed by atoms with E-state index >= 15 is 0 Å². The Morgan fingerprint density at radius 1 is 1.53 bits per heavy atom. The minimum Gasteiger partial charge on any atom is -0.462 e. The molecule has 2 aromatic rings. The first-order chi connectivity index (χ1) is 9.20. The Kier molecular flexibility index (Phi) is 4.93. The largest absolute Gasteiger partial charge is 0.462 e. The van der Waals surface area contributed by atoms with Crippen LogP contribution in [-0.4, -0.2) is 17.6 Å². The van der Waals surface area contributed by atoms with Gasteiger partial charge in [0.1, 0.15) is 0 Å². The van der Waals surface area contributed by atoms with Crippen molar-refractivity contribution >= 4 is 38.9 Å². The van der Waals surface area contributed by atoms with E-state index in [4.69, 9.17) is 4.74 Å². The summed E-state index contributed by atoms with van der Waals surface area (Å²) in [6.45, 7) is 2.82. The number of hydrogen-bond acceptors (Lipinski definition) is 5. The lowest BCUT2D eigenvalue weighted by Gasteiger charge is -2.09. The Balaban J connectivity index is 2.04. The summed E-state index contributed by atoms with van der Waals surface area (Å²) in [5.74, 6) is -0.311. The second kappa shape index (κ2) is 6.68. The van der Waals surface area contributed by atoms with Crippen LogP contribution in [0, 0.1) is 0 Å². The predicted molar refractivity (Wildman–Crippen MR) is 79.5 cm³/mol. The van der Waals surface area contributed by atoms with Crippen LogP contribution >= 0.6 is 27.3 Å². The maximum absolute atomic E-state index is 11.6. The van der Waals surface area contributed by atoms with Crippen LogP contribution < -0.4 is 5.32 Å². The standard InChI is InChI=1S/C13H13BrN2O2S/c1-2-18-13(17)9-3-4-12(11(14)5-9)15-6-10-7-19-8-16-10/h3-5,7-8,15H,2,6H2,1H3. The van der Waals surface area contributed by atoms with E-state index in [1.54, 1.807) is 35.9 Å². The molecular weight excluding hydrogens is 328 g/mol. The quantitative estimate of drug-likeness (QED) is 0.843. The van der Waals surface area contributed by atoms with Crippen LogP contribution in [0.2, 0.25) is 0 Å². The first-order valence-electron chi connectivity index (χ1n) is 5.78. The van der Waals surface area contributed by atoms with Crippen LogP contribution in [0.4, 0.5) is 5.69 Å². The summed E-state index contributed by atoms with van der Waals surface area (Å²) < 4.78 is 5.78. The fourth-order valence-electron chi connectivity index (χ4n) is 1.51. The zero-order chi connectivity index (χ0) is 13.7. The van der Waals surface area contributed by atoms with Crippen molar-refractivity contribution in [1.82, 2.24) is 4.98 Å². The normalized spacial score (nSPS) is 10.2. The number of nitrogens with zero attached hydrogens (tertiary/aromatic N) is 1. The van der Waals surface area contributed by atoms with Gasteiger partial charge in [-0.1, -0.05) is 0 Å². The molecule has 19 heavy (non-hydrogen) atoms. The van der Waals surface area contributed by atoms with Crippen LogP contribution in [0.3, 0.4) is 0 Å². The average Bonchev–Trinajstić information content (AvgIpc) is 2.90. The first kappa shape index (κ1) is 14.0. The van der Waals surface area contributed by atoms with Crippen molar-refractivity contribution in [1.29, 1.82) is 0 Å². The molecule has 0 aliphatic heterocycles. The number of aromatic nitrogens is 1. The van der Waals surface area contributed by atoms with Gasteiger partial charge in [-0.25, -0.2) is 9.78 Å². The average molecular weight is 341 g/mol. The SMILES string of the molecule is CCOC(=O)c1ccc(NCc2cscn2)c(Br)c1. The second-order valence-electron chi connectivity index (χ2n) is 3.75. The molecule has 4 nitrogen and oxygen atoms in total. The van der Waals surface area contributed by atoms with Crippen molar-refractivity contribution in [2.75, 3.05) is 11.9 Å². The lowest BCUT2D eigenvalue weighted by atomic mass is 10.2. The summed E-state index contributed by atoms with van der Waals surface area (Å²) in [6, 6.07) is 5.34. The number of hydrogen-bond donors (Lipinski definition) is 1. The maximum Gasteiger partial charge on any atom is 0.338 e.